The molecule has 0 bridgehead atoms. The maximum Gasteiger partial charge on any atom is 0.416 e. The molecule has 3 aromatic carbocycles. The number of carbonyl (C=O) groups is 1. The Morgan fingerprint density at radius 3 is 2.22 bits per heavy atom. The van der Waals surface area contributed by atoms with Gasteiger partial charge in [-0.25, -0.2) is 8.42 Å². The first kappa shape index (κ1) is 27.7. The summed E-state index contributed by atoms with van der Waals surface area (Å²) in [5.41, 5.74) is -0.683. The number of alkyl halides is 3. The molecule has 0 aromatic heterocycles. The van der Waals surface area contributed by atoms with Gasteiger partial charge in [0.25, 0.3) is 10.0 Å². The van der Waals surface area contributed by atoms with Crippen molar-refractivity contribution in [3.05, 3.63) is 71.8 Å². The molecule has 198 valence electrons. The minimum Gasteiger partial charge on any atom is -0.497 e. The molecule has 0 saturated carbocycles. The van der Waals surface area contributed by atoms with Gasteiger partial charge in [0, 0.05) is 6.07 Å². The number of benzene rings is 3. The van der Waals surface area contributed by atoms with E-state index in [1.807, 2.05) is 0 Å². The highest BCUT2D eigenvalue weighted by Gasteiger charge is 2.34. The predicted molar refractivity (Wildman–Crippen MR) is 132 cm³/mol. The molecule has 0 saturated heterocycles. The number of nitrogens with zero attached hydrogens (tertiary/aromatic N) is 1. The molecule has 8 nitrogen and oxygen atoms in total. The SMILES string of the molecule is COc1ccc(OC)c(NC(=O)CN(c2cccc(C(F)(F)F)c2)S(=O)(=O)c2cc(C)ccc2OC)c1. The van der Waals surface area contributed by atoms with Gasteiger partial charge < -0.3 is 19.5 Å². The van der Waals surface area contributed by atoms with E-state index in [0.717, 1.165) is 12.1 Å². The molecule has 3 aromatic rings. The molecule has 0 radical (unpaired) electrons. The molecule has 12 heteroatoms. The van der Waals surface area contributed by atoms with Crippen molar-refractivity contribution in [3.8, 4) is 17.2 Å². The highest BCUT2D eigenvalue weighted by Crippen LogP contribution is 2.35. The lowest BCUT2D eigenvalue weighted by Crippen LogP contribution is -2.38. The second-order valence-electron chi connectivity index (χ2n) is 7.83. The monoisotopic (exact) mass is 538 g/mol. The summed E-state index contributed by atoms with van der Waals surface area (Å²) in [6.45, 7) is 0.802. The maximum absolute atomic E-state index is 13.8. The van der Waals surface area contributed by atoms with Crippen LogP contribution in [0.25, 0.3) is 0 Å². The molecule has 37 heavy (non-hydrogen) atoms. The van der Waals surface area contributed by atoms with Gasteiger partial charge in [-0.2, -0.15) is 13.2 Å². The van der Waals surface area contributed by atoms with Crippen molar-refractivity contribution < 1.29 is 40.6 Å². The number of rotatable bonds is 9. The zero-order chi connectivity index (χ0) is 27.4. The Bertz CT molecular complexity index is 1390. The van der Waals surface area contributed by atoms with E-state index in [-0.39, 0.29) is 27.8 Å². The first-order valence-electron chi connectivity index (χ1n) is 10.8. The molecule has 0 spiro atoms. The number of amides is 1. The molecule has 1 N–H and O–H groups in total. The Morgan fingerprint density at radius 1 is 0.919 bits per heavy atom. The summed E-state index contributed by atoms with van der Waals surface area (Å²) in [4.78, 5) is 12.8. The Hall–Kier alpha value is -3.93. The third-order valence-electron chi connectivity index (χ3n) is 5.32. The molecule has 0 aliphatic heterocycles. The first-order valence-corrected chi connectivity index (χ1v) is 12.2. The summed E-state index contributed by atoms with van der Waals surface area (Å²) in [6.07, 6.45) is -4.73. The van der Waals surface area contributed by atoms with Gasteiger partial charge >= 0.3 is 6.18 Å². The van der Waals surface area contributed by atoms with Crippen LogP contribution in [-0.4, -0.2) is 42.2 Å². The van der Waals surface area contributed by atoms with Crippen molar-refractivity contribution in [1.82, 2.24) is 0 Å². The van der Waals surface area contributed by atoms with Gasteiger partial charge in [-0.05, 0) is 55.0 Å². The van der Waals surface area contributed by atoms with E-state index in [1.54, 1.807) is 19.1 Å². The van der Waals surface area contributed by atoms with E-state index in [0.29, 0.717) is 21.7 Å². The summed E-state index contributed by atoms with van der Waals surface area (Å²) < 4.78 is 84.0. The fourth-order valence-corrected chi connectivity index (χ4v) is 5.14. The van der Waals surface area contributed by atoms with Gasteiger partial charge in [0.15, 0.2) is 0 Å². The van der Waals surface area contributed by atoms with E-state index >= 15 is 0 Å². The zero-order valence-corrected chi connectivity index (χ0v) is 21.2. The maximum atomic E-state index is 13.8. The van der Waals surface area contributed by atoms with Gasteiger partial charge in [0.2, 0.25) is 5.91 Å². The number of methoxy groups -OCH3 is 3. The standard InChI is InChI=1S/C25H25F3N2O6S/c1-16-8-10-22(36-4)23(12-16)37(32,33)30(18-7-5-6-17(13-18)25(26,27)28)15-24(31)29-20-14-19(34-2)9-11-21(20)35-3/h5-14H,15H2,1-4H3,(H,29,31). The number of hydrogen-bond donors (Lipinski definition) is 1. The van der Waals surface area contributed by atoms with Crippen molar-refractivity contribution in [2.24, 2.45) is 0 Å². The Morgan fingerprint density at radius 2 is 1.59 bits per heavy atom. The quantitative estimate of drug-likeness (QED) is 0.418. The minimum absolute atomic E-state index is 0.0301. The molecule has 0 aliphatic rings. The zero-order valence-electron chi connectivity index (χ0n) is 20.4. The molecule has 0 heterocycles. The third kappa shape index (κ3) is 6.26. The van der Waals surface area contributed by atoms with Crippen LogP contribution in [0.5, 0.6) is 17.2 Å². The van der Waals surface area contributed by atoms with Crippen LogP contribution in [0.3, 0.4) is 0 Å². The molecule has 1 amide bonds. The Labute approximate surface area is 212 Å². The van der Waals surface area contributed by atoms with E-state index in [1.165, 1.54) is 51.7 Å². The van der Waals surface area contributed by atoms with Crippen molar-refractivity contribution in [2.75, 3.05) is 37.5 Å². The Kier molecular flexibility index (Phi) is 8.22. The first-order chi connectivity index (χ1) is 17.4. The number of ether oxygens (including phenoxy) is 3. The fourth-order valence-electron chi connectivity index (χ4n) is 3.49. The van der Waals surface area contributed by atoms with Crippen LogP contribution in [0.1, 0.15) is 11.1 Å². The predicted octanol–water partition coefficient (Wildman–Crippen LogP) is 4.87. The van der Waals surface area contributed by atoms with Crippen LogP contribution < -0.4 is 23.8 Å². The summed E-state index contributed by atoms with van der Waals surface area (Å²) >= 11 is 0. The van der Waals surface area contributed by atoms with Gasteiger partial charge in [-0.1, -0.05) is 12.1 Å². The fraction of sp³-hybridized carbons (Fsp3) is 0.240. The highest BCUT2D eigenvalue weighted by atomic mass is 32.2. The lowest BCUT2D eigenvalue weighted by atomic mass is 10.2. The van der Waals surface area contributed by atoms with Crippen molar-refractivity contribution in [2.45, 2.75) is 18.0 Å². The number of sulfonamides is 1. The van der Waals surface area contributed by atoms with Gasteiger partial charge in [-0.3, -0.25) is 9.10 Å². The molecular weight excluding hydrogens is 513 g/mol. The largest absolute Gasteiger partial charge is 0.497 e. The summed E-state index contributed by atoms with van der Waals surface area (Å²) in [5, 5.41) is 2.54. The van der Waals surface area contributed by atoms with E-state index in [2.05, 4.69) is 5.32 Å². The normalized spacial score (nSPS) is 11.5. The van der Waals surface area contributed by atoms with E-state index in [9.17, 15) is 26.4 Å². The van der Waals surface area contributed by atoms with Crippen LogP contribution in [0.4, 0.5) is 24.5 Å². The molecular formula is C25H25F3N2O6S. The number of anilines is 2. The third-order valence-corrected chi connectivity index (χ3v) is 7.11. The number of nitrogens with one attached hydrogen (secondary N) is 1. The minimum atomic E-state index is -4.73. The molecule has 0 fully saturated rings. The average molecular weight is 539 g/mol. The van der Waals surface area contributed by atoms with Gasteiger partial charge in [0.1, 0.15) is 28.7 Å². The summed E-state index contributed by atoms with van der Waals surface area (Å²) in [7, 11) is -0.512. The topological polar surface area (TPSA) is 94.2 Å². The second-order valence-corrected chi connectivity index (χ2v) is 9.66. The lowest BCUT2D eigenvalue weighted by Gasteiger charge is -2.26. The number of halogens is 3. The Balaban J connectivity index is 2.10. The van der Waals surface area contributed by atoms with Crippen molar-refractivity contribution in [3.63, 3.8) is 0 Å². The molecule has 0 aliphatic carbocycles. The van der Waals surface area contributed by atoms with Crippen LogP contribution in [-0.2, 0) is 21.0 Å². The molecule has 0 unspecified atom stereocenters. The van der Waals surface area contributed by atoms with Crippen LogP contribution in [0.15, 0.2) is 65.6 Å². The van der Waals surface area contributed by atoms with Crippen molar-refractivity contribution >= 4 is 27.3 Å². The number of hydrogen-bond acceptors (Lipinski definition) is 6. The smallest absolute Gasteiger partial charge is 0.416 e. The highest BCUT2D eigenvalue weighted by molar-refractivity contribution is 7.93. The summed E-state index contributed by atoms with van der Waals surface area (Å²) in [5.74, 6) is -0.206. The molecule has 3 rings (SSSR count). The number of aryl methyl sites for hydroxylation is 1. The lowest BCUT2D eigenvalue weighted by molar-refractivity contribution is -0.137. The second kappa shape index (κ2) is 11.0. The van der Waals surface area contributed by atoms with Gasteiger partial charge in [-0.15, -0.1) is 0 Å². The number of carbonyl (C=O) groups excluding carboxylic acids is 1. The summed E-state index contributed by atoms with van der Waals surface area (Å²) in [6, 6.07) is 12.7. The van der Waals surface area contributed by atoms with E-state index in [4.69, 9.17) is 14.2 Å². The van der Waals surface area contributed by atoms with Crippen LogP contribution in [0, 0.1) is 6.92 Å². The molecule has 0 atom stereocenters. The van der Waals surface area contributed by atoms with Crippen LogP contribution in [0.2, 0.25) is 0 Å². The van der Waals surface area contributed by atoms with Crippen LogP contribution >= 0.6 is 0 Å². The van der Waals surface area contributed by atoms with Crippen molar-refractivity contribution in [1.29, 1.82) is 0 Å². The van der Waals surface area contributed by atoms with E-state index < -0.39 is 34.2 Å². The van der Waals surface area contributed by atoms with Gasteiger partial charge in [0.05, 0.1) is 38.3 Å². The average Bonchev–Trinajstić information content (AvgIpc) is 2.86.